The van der Waals surface area contributed by atoms with E-state index in [9.17, 15) is 4.39 Å². The zero-order valence-corrected chi connectivity index (χ0v) is 8.47. The highest BCUT2D eigenvalue weighted by molar-refractivity contribution is 9.10. The Hall–Kier alpha value is 0.210. The fourth-order valence-electron chi connectivity index (χ4n) is 0.685. The second-order valence-electron chi connectivity index (χ2n) is 2.01. The third kappa shape index (κ3) is 2.08. The van der Waals surface area contributed by atoms with E-state index in [4.69, 9.17) is 23.2 Å². The summed E-state index contributed by atoms with van der Waals surface area (Å²) in [4.78, 5) is 0. The first kappa shape index (κ1) is 9.30. The monoisotopic (exact) mass is 256 g/mol. The standard InChI is InChI=1S/C7H4BrCl2F/c8-7-5(10)1-4(3-9)2-6(7)11/h1-2H,3H2. The van der Waals surface area contributed by atoms with Crippen molar-refractivity contribution in [2.24, 2.45) is 0 Å². The molecule has 60 valence electrons. The summed E-state index contributed by atoms with van der Waals surface area (Å²) in [5.74, 6) is -0.114. The summed E-state index contributed by atoms with van der Waals surface area (Å²) in [5.41, 5.74) is 0.678. The Labute approximate surface area is 82.4 Å². The van der Waals surface area contributed by atoms with E-state index in [0.29, 0.717) is 10.6 Å². The molecule has 0 aliphatic carbocycles. The minimum atomic E-state index is -0.381. The predicted octanol–water partition coefficient (Wildman–Crippen LogP) is 3.98. The Morgan fingerprint density at radius 3 is 2.55 bits per heavy atom. The number of hydrogen-bond donors (Lipinski definition) is 0. The lowest BCUT2D eigenvalue weighted by Gasteiger charge is -2.00. The van der Waals surface area contributed by atoms with Gasteiger partial charge in [0.05, 0.1) is 9.50 Å². The maximum atomic E-state index is 12.8. The van der Waals surface area contributed by atoms with Crippen LogP contribution in [0.1, 0.15) is 5.56 Å². The molecule has 1 rings (SSSR count). The molecule has 0 N–H and O–H groups in total. The summed E-state index contributed by atoms with van der Waals surface area (Å²) in [6.45, 7) is 0. The minimum Gasteiger partial charge on any atom is -0.206 e. The summed E-state index contributed by atoms with van der Waals surface area (Å²) >= 11 is 14.1. The van der Waals surface area contributed by atoms with Crippen molar-refractivity contribution in [1.82, 2.24) is 0 Å². The van der Waals surface area contributed by atoms with Gasteiger partial charge in [-0.25, -0.2) is 4.39 Å². The second-order valence-corrected chi connectivity index (χ2v) is 3.47. The number of alkyl halides is 1. The van der Waals surface area contributed by atoms with Gasteiger partial charge in [0.2, 0.25) is 0 Å². The largest absolute Gasteiger partial charge is 0.206 e. The zero-order chi connectivity index (χ0) is 8.43. The second kappa shape index (κ2) is 3.74. The highest BCUT2D eigenvalue weighted by Crippen LogP contribution is 2.27. The fourth-order valence-corrected chi connectivity index (χ4v) is 1.30. The Balaban J connectivity index is 3.21. The van der Waals surface area contributed by atoms with Crippen LogP contribution in [0.3, 0.4) is 0 Å². The van der Waals surface area contributed by atoms with Crippen LogP contribution in [0.15, 0.2) is 16.6 Å². The van der Waals surface area contributed by atoms with Crippen molar-refractivity contribution in [3.8, 4) is 0 Å². The van der Waals surface area contributed by atoms with Crippen molar-refractivity contribution in [1.29, 1.82) is 0 Å². The van der Waals surface area contributed by atoms with Gasteiger partial charge >= 0.3 is 0 Å². The van der Waals surface area contributed by atoms with Gasteiger partial charge in [-0.2, -0.15) is 0 Å². The molecule has 0 aliphatic heterocycles. The van der Waals surface area contributed by atoms with Gasteiger partial charge in [-0.05, 0) is 33.6 Å². The first-order valence-electron chi connectivity index (χ1n) is 2.84. The van der Waals surface area contributed by atoms with Gasteiger partial charge in [0, 0.05) is 5.88 Å². The normalized spacial score (nSPS) is 10.2. The highest BCUT2D eigenvalue weighted by atomic mass is 79.9. The Kier molecular flexibility index (Phi) is 3.16. The Morgan fingerprint density at radius 2 is 2.09 bits per heavy atom. The summed E-state index contributed by atoms with van der Waals surface area (Å²) in [5, 5.41) is 0.348. The molecule has 1 aromatic carbocycles. The van der Waals surface area contributed by atoms with Crippen LogP contribution in [-0.4, -0.2) is 0 Å². The summed E-state index contributed by atoms with van der Waals surface area (Å²) < 4.78 is 13.1. The molecule has 0 atom stereocenters. The van der Waals surface area contributed by atoms with Gasteiger partial charge in [-0.15, -0.1) is 11.6 Å². The molecule has 4 heteroatoms. The van der Waals surface area contributed by atoms with Crippen LogP contribution in [-0.2, 0) is 5.88 Å². The molecule has 0 spiro atoms. The lowest BCUT2D eigenvalue weighted by Crippen LogP contribution is -1.83. The summed E-state index contributed by atoms with van der Waals surface area (Å²) in [7, 11) is 0. The van der Waals surface area contributed by atoms with E-state index in [1.54, 1.807) is 6.07 Å². The minimum absolute atomic E-state index is 0.268. The molecule has 0 amide bonds. The molecule has 0 aliphatic rings. The topological polar surface area (TPSA) is 0 Å². The maximum Gasteiger partial charge on any atom is 0.139 e. The molecule has 0 nitrogen and oxygen atoms in total. The van der Waals surface area contributed by atoms with Crippen LogP contribution in [0.5, 0.6) is 0 Å². The molecule has 1 aromatic rings. The average Bonchev–Trinajstić information content (AvgIpc) is 1.99. The molecule has 0 aromatic heterocycles. The van der Waals surface area contributed by atoms with E-state index in [1.165, 1.54) is 6.07 Å². The lowest BCUT2D eigenvalue weighted by atomic mass is 10.2. The molecular weight excluding hydrogens is 254 g/mol. The number of benzene rings is 1. The quantitative estimate of drug-likeness (QED) is 0.527. The van der Waals surface area contributed by atoms with E-state index >= 15 is 0 Å². The molecule has 0 fully saturated rings. The fraction of sp³-hybridized carbons (Fsp3) is 0.143. The van der Waals surface area contributed by atoms with E-state index < -0.39 is 0 Å². The molecule has 0 unspecified atom stereocenters. The van der Waals surface area contributed by atoms with Gasteiger partial charge in [0.25, 0.3) is 0 Å². The smallest absolute Gasteiger partial charge is 0.139 e. The van der Waals surface area contributed by atoms with Gasteiger partial charge in [-0.3, -0.25) is 0 Å². The van der Waals surface area contributed by atoms with Crippen molar-refractivity contribution in [2.45, 2.75) is 5.88 Å². The van der Waals surface area contributed by atoms with Crippen LogP contribution >= 0.6 is 39.1 Å². The van der Waals surface area contributed by atoms with Gasteiger partial charge in [-0.1, -0.05) is 11.6 Å². The molecule has 0 saturated heterocycles. The third-order valence-corrected chi connectivity index (χ3v) is 2.84. The summed E-state index contributed by atoms with van der Waals surface area (Å²) in [6, 6.07) is 2.98. The summed E-state index contributed by atoms with van der Waals surface area (Å²) in [6.07, 6.45) is 0. The van der Waals surface area contributed by atoms with Gasteiger partial charge in [0.15, 0.2) is 0 Å². The maximum absolute atomic E-state index is 12.8. The predicted molar refractivity (Wildman–Crippen MR) is 48.7 cm³/mol. The van der Waals surface area contributed by atoms with Gasteiger partial charge in [0.1, 0.15) is 5.82 Å². The van der Waals surface area contributed by atoms with Crippen LogP contribution in [0.4, 0.5) is 4.39 Å². The molecule has 11 heavy (non-hydrogen) atoms. The Bertz CT molecular complexity index is 252. The first-order chi connectivity index (χ1) is 5.15. The van der Waals surface area contributed by atoms with Crippen molar-refractivity contribution in [2.75, 3.05) is 0 Å². The molecule has 0 saturated carbocycles. The lowest BCUT2D eigenvalue weighted by molar-refractivity contribution is 0.620. The van der Waals surface area contributed by atoms with Gasteiger partial charge < -0.3 is 0 Å². The number of rotatable bonds is 1. The van der Waals surface area contributed by atoms with Crippen LogP contribution in [0.25, 0.3) is 0 Å². The van der Waals surface area contributed by atoms with Crippen molar-refractivity contribution in [3.63, 3.8) is 0 Å². The number of halogens is 4. The van der Waals surface area contributed by atoms with E-state index in [2.05, 4.69) is 15.9 Å². The third-order valence-electron chi connectivity index (χ3n) is 1.20. The van der Waals surface area contributed by atoms with Crippen molar-refractivity contribution in [3.05, 3.63) is 33.0 Å². The first-order valence-corrected chi connectivity index (χ1v) is 4.55. The van der Waals surface area contributed by atoms with Crippen LogP contribution in [0, 0.1) is 5.82 Å². The highest BCUT2D eigenvalue weighted by Gasteiger charge is 2.05. The van der Waals surface area contributed by atoms with E-state index in [-0.39, 0.29) is 16.2 Å². The van der Waals surface area contributed by atoms with Crippen molar-refractivity contribution >= 4 is 39.1 Å². The number of hydrogen-bond acceptors (Lipinski definition) is 0. The molecule has 0 bridgehead atoms. The van der Waals surface area contributed by atoms with E-state index in [1.807, 2.05) is 0 Å². The zero-order valence-electron chi connectivity index (χ0n) is 5.37. The SMILES string of the molecule is Fc1cc(CCl)cc(Cl)c1Br. The average molecular weight is 258 g/mol. The van der Waals surface area contributed by atoms with Crippen LogP contribution < -0.4 is 0 Å². The molecular formula is C7H4BrCl2F. The molecule has 0 radical (unpaired) electrons. The van der Waals surface area contributed by atoms with E-state index in [0.717, 1.165) is 0 Å². The molecule has 0 heterocycles. The van der Waals surface area contributed by atoms with Crippen molar-refractivity contribution < 1.29 is 4.39 Å². The van der Waals surface area contributed by atoms with Crippen LogP contribution in [0.2, 0.25) is 5.02 Å². The Morgan fingerprint density at radius 1 is 1.45 bits per heavy atom.